The zero-order chi connectivity index (χ0) is 13.8. The molecule has 1 saturated heterocycles. The molecule has 104 valence electrons. The Balaban J connectivity index is 2.13. The third-order valence-electron chi connectivity index (χ3n) is 3.53. The highest BCUT2D eigenvalue weighted by Gasteiger charge is 2.20. The Labute approximate surface area is 119 Å². The smallest absolute Gasteiger partial charge is 0.124 e. The number of nitrogens with one attached hydrogen (secondary N) is 1. The lowest BCUT2D eigenvalue weighted by molar-refractivity contribution is 0.143. The molecular formula is C14H20ClN3O. The second-order valence-corrected chi connectivity index (χ2v) is 5.39. The predicted molar refractivity (Wildman–Crippen MR) is 79.3 cm³/mol. The van der Waals surface area contributed by atoms with Gasteiger partial charge < -0.3 is 15.4 Å². The second kappa shape index (κ2) is 6.26. The van der Waals surface area contributed by atoms with Gasteiger partial charge in [0.1, 0.15) is 5.84 Å². The summed E-state index contributed by atoms with van der Waals surface area (Å²) in [7, 11) is 1.75. The lowest BCUT2D eigenvalue weighted by atomic mass is 9.98. The van der Waals surface area contributed by atoms with Crippen LogP contribution in [0.4, 0.5) is 5.69 Å². The lowest BCUT2D eigenvalue weighted by Crippen LogP contribution is -2.37. The fourth-order valence-electron chi connectivity index (χ4n) is 2.59. The van der Waals surface area contributed by atoms with Crippen molar-refractivity contribution in [3.8, 4) is 0 Å². The van der Waals surface area contributed by atoms with Crippen LogP contribution in [0.25, 0.3) is 0 Å². The highest BCUT2D eigenvalue weighted by molar-refractivity contribution is 6.34. The summed E-state index contributed by atoms with van der Waals surface area (Å²) < 4.78 is 5.24. The highest BCUT2D eigenvalue weighted by Crippen LogP contribution is 2.27. The summed E-state index contributed by atoms with van der Waals surface area (Å²) in [6, 6.07) is 5.70. The van der Waals surface area contributed by atoms with E-state index < -0.39 is 0 Å². The van der Waals surface area contributed by atoms with Crippen LogP contribution in [0.1, 0.15) is 18.4 Å². The Bertz CT molecular complexity index is 462. The summed E-state index contributed by atoms with van der Waals surface area (Å²) in [5.74, 6) is 0.581. The first kappa shape index (κ1) is 14.2. The molecule has 0 saturated carbocycles. The van der Waals surface area contributed by atoms with E-state index in [0.29, 0.717) is 16.5 Å². The van der Waals surface area contributed by atoms with Gasteiger partial charge in [-0.15, -0.1) is 0 Å². The molecule has 1 aromatic rings. The van der Waals surface area contributed by atoms with Gasteiger partial charge in [-0.25, -0.2) is 0 Å². The number of ether oxygens (including phenoxy) is 1. The molecule has 1 fully saturated rings. The maximum absolute atomic E-state index is 7.44. The van der Waals surface area contributed by atoms with Gasteiger partial charge >= 0.3 is 0 Å². The second-order valence-electron chi connectivity index (χ2n) is 4.99. The van der Waals surface area contributed by atoms with Gasteiger partial charge in [0.25, 0.3) is 0 Å². The van der Waals surface area contributed by atoms with Crippen LogP contribution in [0.15, 0.2) is 18.2 Å². The molecule has 2 rings (SSSR count). The summed E-state index contributed by atoms with van der Waals surface area (Å²) in [5.41, 5.74) is 7.16. The van der Waals surface area contributed by atoms with E-state index in [1.54, 1.807) is 7.11 Å². The lowest BCUT2D eigenvalue weighted by Gasteiger charge is -2.34. The SMILES string of the molecule is COCC1CCCN(c2ccc(C(=N)N)c(Cl)c2)C1. The Hall–Kier alpha value is -1.26. The first-order valence-corrected chi connectivity index (χ1v) is 6.87. The van der Waals surface area contributed by atoms with Crippen LogP contribution in [-0.2, 0) is 4.74 Å². The van der Waals surface area contributed by atoms with Crippen molar-refractivity contribution in [1.82, 2.24) is 0 Å². The van der Waals surface area contributed by atoms with Crippen molar-refractivity contribution in [1.29, 1.82) is 5.41 Å². The quantitative estimate of drug-likeness (QED) is 0.658. The summed E-state index contributed by atoms with van der Waals surface area (Å²) >= 11 is 6.17. The van der Waals surface area contributed by atoms with Crippen LogP contribution in [-0.4, -0.2) is 32.6 Å². The van der Waals surface area contributed by atoms with Crippen molar-refractivity contribution < 1.29 is 4.74 Å². The topological polar surface area (TPSA) is 62.3 Å². The van der Waals surface area contributed by atoms with Crippen molar-refractivity contribution in [2.45, 2.75) is 12.8 Å². The van der Waals surface area contributed by atoms with E-state index in [0.717, 1.165) is 25.4 Å². The van der Waals surface area contributed by atoms with Crippen molar-refractivity contribution in [3.05, 3.63) is 28.8 Å². The van der Waals surface area contributed by atoms with Gasteiger partial charge in [-0.1, -0.05) is 11.6 Å². The molecule has 0 aliphatic carbocycles. The van der Waals surface area contributed by atoms with Gasteiger partial charge in [0.2, 0.25) is 0 Å². The van der Waals surface area contributed by atoms with Gasteiger partial charge in [-0.2, -0.15) is 0 Å². The number of methoxy groups -OCH3 is 1. The molecule has 1 atom stereocenters. The van der Waals surface area contributed by atoms with E-state index in [4.69, 9.17) is 27.5 Å². The minimum atomic E-state index is 0.00690. The Kier molecular flexibility index (Phi) is 4.66. The summed E-state index contributed by atoms with van der Waals surface area (Å²) in [6.07, 6.45) is 2.38. The molecule has 1 aromatic carbocycles. The molecule has 0 spiro atoms. The van der Waals surface area contributed by atoms with E-state index in [9.17, 15) is 0 Å². The van der Waals surface area contributed by atoms with Gasteiger partial charge in [-0.05, 0) is 37.0 Å². The average molecular weight is 282 g/mol. The van der Waals surface area contributed by atoms with Gasteiger partial charge in [0, 0.05) is 31.5 Å². The number of halogens is 1. The van der Waals surface area contributed by atoms with Gasteiger partial charge in [0.15, 0.2) is 0 Å². The molecule has 0 bridgehead atoms. The van der Waals surface area contributed by atoms with Gasteiger partial charge in [0.05, 0.1) is 11.6 Å². The first-order chi connectivity index (χ1) is 9.11. The molecule has 4 nitrogen and oxygen atoms in total. The standard InChI is InChI=1S/C14H20ClN3O/c1-19-9-10-3-2-6-18(8-10)11-4-5-12(14(16)17)13(15)7-11/h4-5,7,10H,2-3,6,8-9H2,1H3,(H3,16,17). The van der Waals surface area contributed by atoms with Crippen LogP contribution in [0, 0.1) is 11.3 Å². The molecule has 1 unspecified atom stereocenters. The van der Waals surface area contributed by atoms with E-state index >= 15 is 0 Å². The molecule has 0 aromatic heterocycles. The number of piperidine rings is 1. The van der Waals surface area contributed by atoms with E-state index in [-0.39, 0.29) is 5.84 Å². The summed E-state index contributed by atoms with van der Waals surface area (Å²) in [5, 5.41) is 7.98. The van der Waals surface area contributed by atoms with Crippen molar-refractivity contribution in [2.75, 3.05) is 31.7 Å². The molecule has 1 aliphatic heterocycles. The Morgan fingerprint density at radius 3 is 3.00 bits per heavy atom. The van der Waals surface area contributed by atoms with Crippen molar-refractivity contribution >= 4 is 23.1 Å². The van der Waals surface area contributed by atoms with Crippen LogP contribution in [0.3, 0.4) is 0 Å². The number of hydrogen-bond donors (Lipinski definition) is 2. The molecule has 3 N–H and O–H groups in total. The maximum Gasteiger partial charge on any atom is 0.124 e. The largest absolute Gasteiger partial charge is 0.384 e. The van der Waals surface area contributed by atoms with Crippen molar-refractivity contribution in [3.63, 3.8) is 0 Å². The third kappa shape index (κ3) is 3.39. The van der Waals surface area contributed by atoms with Crippen LogP contribution in [0.5, 0.6) is 0 Å². The number of benzene rings is 1. The Morgan fingerprint density at radius 1 is 1.58 bits per heavy atom. The zero-order valence-corrected chi connectivity index (χ0v) is 11.9. The third-order valence-corrected chi connectivity index (χ3v) is 3.84. The number of amidine groups is 1. The predicted octanol–water partition coefficient (Wildman–Crippen LogP) is 2.49. The fraction of sp³-hybridized carbons (Fsp3) is 0.500. The number of hydrogen-bond acceptors (Lipinski definition) is 3. The average Bonchev–Trinajstić information content (AvgIpc) is 2.39. The summed E-state index contributed by atoms with van der Waals surface area (Å²) in [4.78, 5) is 2.32. The maximum atomic E-state index is 7.44. The molecule has 19 heavy (non-hydrogen) atoms. The molecule has 0 radical (unpaired) electrons. The normalized spacial score (nSPS) is 19.5. The zero-order valence-electron chi connectivity index (χ0n) is 11.2. The number of anilines is 1. The first-order valence-electron chi connectivity index (χ1n) is 6.49. The van der Waals surface area contributed by atoms with E-state index in [1.807, 2.05) is 18.2 Å². The van der Waals surface area contributed by atoms with E-state index in [2.05, 4.69) is 4.90 Å². The molecule has 1 aliphatic rings. The fourth-order valence-corrected chi connectivity index (χ4v) is 2.87. The molecule has 0 amide bonds. The minimum absolute atomic E-state index is 0.00690. The molecule has 1 heterocycles. The summed E-state index contributed by atoms with van der Waals surface area (Å²) in [6.45, 7) is 2.83. The molecule has 5 heteroatoms. The minimum Gasteiger partial charge on any atom is -0.384 e. The number of nitrogens with two attached hydrogens (primary N) is 1. The number of nitrogen functional groups attached to an aromatic ring is 1. The number of nitrogens with zero attached hydrogens (tertiary/aromatic N) is 1. The van der Waals surface area contributed by atoms with Gasteiger partial charge in [-0.3, -0.25) is 5.41 Å². The monoisotopic (exact) mass is 281 g/mol. The van der Waals surface area contributed by atoms with Crippen molar-refractivity contribution in [2.24, 2.45) is 11.7 Å². The highest BCUT2D eigenvalue weighted by atomic mass is 35.5. The van der Waals surface area contributed by atoms with Crippen LogP contribution >= 0.6 is 11.6 Å². The van der Waals surface area contributed by atoms with Crippen LogP contribution < -0.4 is 10.6 Å². The number of rotatable bonds is 4. The van der Waals surface area contributed by atoms with Crippen LogP contribution in [0.2, 0.25) is 5.02 Å². The molecular weight excluding hydrogens is 262 g/mol. The van der Waals surface area contributed by atoms with E-state index in [1.165, 1.54) is 12.8 Å². The Morgan fingerprint density at radius 2 is 2.37 bits per heavy atom.